The number of rotatable bonds is 10. The van der Waals surface area contributed by atoms with E-state index in [1.807, 2.05) is 34.5 Å². The fourth-order valence-corrected chi connectivity index (χ4v) is 8.70. The summed E-state index contributed by atoms with van der Waals surface area (Å²) in [5.74, 6) is -1.51. The van der Waals surface area contributed by atoms with Crippen molar-refractivity contribution in [2.75, 3.05) is 31.6 Å². The molecule has 1 aromatic heterocycles. The minimum atomic E-state index is -0.753. The van der Waals surface area contributed by atoms with E-state index in [4.69, 9.17) is 27.9 Å². The first kappa shape index (κ1) is 34.6. The van der Waals surface area contributed by atoms with Crippen LogP contribution < -0.4 is 10.6 Å². The van der Waals surface area contributed by atoms with Crippen molar-refractivity contribution in [3.63, 3.8) is 0 Å². The Balaban J connectivity index is 1.13. The van der Waals surface area contributed by atoms with Crippen LogP contribution in [0.1, 0.15) is 61.4 Å². The molecule has 3 N–H and O–H groups in total. The Morgan fingerprint density at radius 2 is 1.79 bits per heavy atom. The van der Waals surface area contributed by atoms with E-state index in [0.717, 1.165) is 36.0 Å². The van der Waals surface area contributed by atoms with E-state index in [1.165, 1.54) is 18.3 Å². The lowest BCUT2D eigenvalue weighted by Gasteiger charge is -2.30. The van der Waals surface area contributed by atoms with Crippen LogP contribution in [0.2, 0.25) is 10.0 Å². The number of thiophene rings is 1. The number of likely N-dealkylation sites (tertiary alicyclic amines) is 2. The topological polar surface area (TPSA) is 128 Å². The molecule has 3 fully saturated rings. The third kappa shape index (κ3) is 7.97. The standard InChI is InChI=1S/C35H40Cl2N4O6S/c1-20(42)38-23-10-11-40(16-23)24-14-25(18-47-26-8-6-21(7-9-26)35(45)46)41(17-24)33(43)13-22-12-30(37)31(15-29(22)36)39-34(44)28-19-48-32-5-3-2-4-27(28)32/h2-5,12,15,19,21,23-26H,6-11,13-14,16-18H2,1H3,(H,38,42)(H,39,44)(H,45,46)/t21-,23-,24-,25-,26-/m0/s1. The van der Waals surface area contributed by atoms with Gasteiger partial charge >= 0.3 is 5.97 Å². The lowest BCUT2D eigenvalue weighted by molar-refractivity contribution is -0.144. The maximum absolute atomic E-state index is 13.9. The van der Waals surface area contributed by atoms with Crippen LogP contribution >= 0.6 is 34.5 Å². The van der Waals surface area contributed by atoms with E-state index in [-0.39, 0.29) is 59.3 Å². The second-order valence-corrected chi connectivity index (χ2v) is 14.8. The number of carboxylic acid groups (broad SMARTS) is 1. The molecule has 3 aliphatic rings. The number of halogens is 2. The van der Waals surface area contributed by atoms with Gasteiger partial charge in [-0.3, -0.25) is 24.1 Å². The summed E-state index contributed by atoms with van der Waals surface area (Å²) >= 11 is 14.8. The van der Waals surface area contributed by atoms with Gasteiger partial charge in [-0.1, -0.05) is 41.4 Å². The molecule has 1 aliphatic carbocycles. The Morgan fingerprint density at radius 3 is 2.54 bits per heavy atom. The fourth-order valence-electron chi connectivity index (χ4n) is 7.29. The Morgan fingerprint density at radius 1 is 1.02 bits per heavy atom. The number of aliphatic carboxylic acids is 1. The van der Waals surface area contributed by atoms with Gasteiger partial charge in [0.2, 0.25) is 11.8 Å². The van der Waals surface area contributed by atoms with Crippen molar-refractivity contribution in [1.82, 2.24) is 15.1 Å². The molecule has 3 atom stereocenters. The highest BCUT2D eigenvalue weighted by Crippen LogP contribution is 2.34. The number of carbonyl (C=O) groups excluding carboxylic acids is 3. The molecule has 0 unspecified atom stereocenters. The van der Waals surface area contributed by atoms with Crippen LogP contribution in [0.15, 0.2) is 41.8 Å². The number of carboxylic acids is 1. The molecule has 48 heavy (non-hydrogen) atoms. The number of ether oxygens (including phenoxy) is 1. The second-order valence-electron chi connectivity index (χ2n) is 13.1. The smallest absolute Gasteiger partial charge is 0.306 e. The molecule has 0 spiro atoms. The molecule has 256 valence electrons. The SMILES string of the molecule is CC(=O)N[C@H]1CCN([C@H]2C[C@@H](CO[C@H]3CC[C@H](C(=O)O)CC3)N(C(=O)Cc3cc(Cl)c(NC(=O)c4csc5ccccc45)cc3Cl)C2)C1. The second kappa shape index (κ2) is 15.1. The van der Waals surface area contributed by atoms with Gasteiger partial charge in [0.25, 0.3) is 5.91 Å². The zero-order valence-electron chi connectivity index (χ0n) is 26.8. The monoisotopic (exact) mass is 714 g/mol. The number of fused-ring (bicyclic) bond motifs is 1. The summed E-state index contributed by atoms with van der Waals surface area (Å²) in [6.07, 6.45) is 4.15. The highest BCUT2D eigenvalue weighted by molar-refractivity contribution is 7.17. The van der Waals surface area contributed by atoms with Crippen molar-refractivity contribution in [3.8, 4) is 0 Å². The summed E-state index contributed by atoms with van der Waals surface area (Å²) < 4.78 is 7.32. The van der Waals surface area contributed by atoms with Gasteiger partial charge in [0.15, 0.2) is 0 Å². The van der Waals surface area contributed by atoms with Crippen LogP contribution in [0.4, 0.5) is 5.69 Å². The van der Waals surface area contributed by atoms with Crippen molar-refractivity contribution in [2.24, 2.45) is 5.92 Å². The lowest BCUT2D eigenvalue weighted by atomic mass is 9.87. The average Bonchev–Trinajstić information content (AvgIpc) is 3.81. The number of benzene rings is 2. The number of amides is 3. The van der Waals surface area contributed by atoms with Gasteiger partial charge < -0.3 is 25.4 Å². The highest BCUT2D eigenvalue weighted by atomic mass is 35.5. The first-order valence-corrected chi connectivity index (χ1v) is 18.1. The van der Waals surface area contributed by atoms with Crippen LogP contribution in [0, 0.1) is 5.92 Å². The van der Waals surface area contributed by atoms with Crippen LogP contribution in [-0.2, 0) is 25.5 Å². The van der Waals surface area contributed by atoms with Crippen LogP contribution in [0.25, 0.3) is 10.1 Å². The van der Waals surface area contributed by atoms with Crippen LogP contribution in [0.3, 0.4) is 0 Å². The molecule has 6 rings (SSSR count). The molecule has 10 nitrogen and oxygen atoms in total. The first-order valence-electron chi connectivity index (χ1n) is 16.5. The van der Waals surface area contributed by atoms with Gasteiger partial charge in [0.05, 0.1) is 47.4 Å². The quantitative estimate of drug-likeness (QED) is 0.241. The number of hydrogen-bond acceptors (Lipinski definition) is 7. The number of nitrogens with zero attached hydrogens (tertiary/aromatic N) is 2. The third-order valence-electron chi connectivity index (χ3n) is 9.86. The summed E-state index contributed by atoms with van der Waals surface area (Å²) in [6.45, 7) is 3.98. The molecular formula is C35H40Cl2N4O6S. The van der Waals surface area contributed by atoms with Crippen LogP contribution in [-0.4, -0.2) is 89.1 Å². The summed E-state index contributed by atoms with van der Waals surface area (Å²) in [5, 5.41) is 18.5. The molecule has 0 bridgehead atoms. The Labute approximate surface area is 293 Å². The molecule has 2 aliphatic heterocycles. The van der Waals surface area contributed by atoms with Crippen molar-refractivity contribution in [3.05, 3.63) is 63.0 Å². The van der Waals surface area contributed by atoms with Gasteiger partial charge in [0, 0.05) is 59.1 Å². The van der Waals surface area contributed by atoms with Gasteiger partial charge in [-0.15, -0.1) is 11.3 Å². The van der Waals surface area contributed by atoms with E-state index in [9.17, 15) is 24.3 Å². The number of hydrogen-bond donors (Lipinski definition) is 3. The summed E-state index contributed by atoms with van der Waals surface area (Å²) in [4.78, 5) is 54.3. The Bertz CT molecular complexity index is 1690. The maximum Gasteiger partial charge on any atom is 0.306 e. The summed E-state index contributed by atoms with van der Waals surface area (Å²) in [5.41, 5.74) is 1.48. The number of anilines is 1. The fraction of sp³-hybridized carbons (Fsp3) is 0.486. The lowest BCUT2D eigenvalue weighted by Crippen LogP contribution is -2.42. The van der Waals surface area contributed by atoms with E-state index in [2.05, 4.69) is 15.5 Å². The van der Waals surface area contributed by atoms with E-state index < -0.39 is 5.97 Å². The molecule has 3 amide bonds. The third-order valence-corrected chi connectivity index (χ3v) is 11.5. The largest absolute Gasteiger partial charge is 0.481 e. The predicted molar refractivity (Wildman–Crippen MR) is 187 cm³/mol. The molecule has 13 heteroatoms. The Hall–Kier alpha value is -3.22. The molecule has 0 radical (unpaired) electrons. The van der Waals surface area contributed by atoms with E-state index in [1.54, 1.807) is 12.1 Å². The van der Waals surface area contributed by atoms with Crippen molar-refractivity contribution < 1.29 is 29.0 Å². The zero-order valence-corrected chi connectivity index (χ0v) is 29.1. The molecule has 2 aromatic carbocycles. The highest BCUT2D eigenvalue weighted by Gasteiger charge is 2.41. The minimum Gasteiger partial charge on any atom is -0.481 e. The van der Waals surface area contributed by atoms with Crippen molar-refractivity contribution in [2.45, 2.75) is 76.1 Å². The van der Waals surface area contributed by atoms with E-state index >= 15 is 0 Å². The normalized spacial score (nSPS) is 24.6. The zero-order chi connectivity index (χ0) is 33.9. The van der Waals surface area contributed by atoms with Gasteiger partial charge in [-0.05, 0) is 62.3 Å². The van der Waals surface area contributed by atoms with Gasteiger partial charge in [-0.25, -0.2) is 0 Å². The summed E-state index contributed by atoms with van der Waals surface area (Å²) in [6, 6.07) is 11.0. The first-order chi connectivity index (χ1) is 23.0. The average molecular weight is 716 g/mol. The number of nitrogens with one attached hydrogen (secondary N) is 2. The Kier molecular flexibility index (Phi) is 10.9. The van der Waals surface area contributed by atoms with Crippen LogP contribution in [0.5, 0.6) is 0 Å². The molecule has 3 aromatic rings. The maximum atomic E-state index is 13.9. The summed E-state index contributed by atoms with van der Waals surface area (Å²) in [7, 11) is 0. The van der Waals surface area contributed by atoms with Crippen molar-refractivity contribution in [1.29, 1.82) is 0 Å². The molecular weight excluding hydrogens is 675 g/mol. The van der Waals surface area contributed by atoms with Crippen molar-refractivity contribution >= 4 is 74.0 Å². The minimum absolute atomic E-state index is 0.0312. The number of carbonyl (C=O) groups is 4. The molecule has 3 heterocycles. The van der Waals surface area contributed by atoms with Gasteiger partial charge in [0.1, 0.15) is 0 Å². The van der Waals surface area contributed by atoms with E-state index in [0.29, 0.717) is 60.7 Å². The molecule has 2 saturated heterocycles. The molecule has 1 saturated carbocycles. The predicted octanol–water partition coefficient (Wildman–Crippen LogP) is 5.84. The van der Waals surface area contributed by atoms with Gasteiger partial charge in [-0.2, -0.15) is 0 Å².